The van der Waals surface area contributed by atoms with Crippen molar-refractivity contribution in [2.45, 2.75) is 6.54 Å². The molecule has 2 aromatic rings. The summed E-state index contributed by atoms with van der Waals surface area (Å²) in [6, 6.07) is 7.01. The predicted octanol–water partition coefficient (Wildman–Crippen LogP) is 0.965. The second-order valence-electron chi connectivity index (χ2n) is 3.04. The van der Waals surface area contributed by atoms with E-state index < -0.39 is 0 Å². The van der Waals surface area contributed by atoms with Crippen molar-refractivity contribution in [1.29, 1.82) is 0 Å². The Hall–Kier alpha value is -1.95. The smallest absolute Gasteiger partial charge is 0.246 e. The van der Waals surface area contributed by atoms with Gasteiger partial charge in [0.15, 0.2) is 0 Å². The lowest BCUT2D eigenvalue weighted by atomic mass is 10.3. The van der Waals surface area contributed by atoms with Gasteiger partial charge in [0.2, 0.25) is 5.91 Å². The van der Waals surface area contributed by atoms with Crippen LogP contribution in [0.15, 0.2) is 30.6 Å². The molecule has 1 amide bonds. The second-order valence-corrected chi connectivity index (χ2v) is 3.44. The van der Waals surface area contributed by atoms with Gasteiger partial charge in [-0.2, -0.15) is 0 Å². The molecular formula is C9H8ClN5O. The molecule has 0 saturated carbocycles. The zero-order chi connectivity index (χ0) is 11.4. The Morgan fingerprint density at radius 1 is 1.44 bits per heavy atom. The topological polar surface area (TPSA) is 72.7 Å². The summed E-state index contributed by atoms with van der Waals surface area (Å²) in [6.45, 7) is 0.0538. The summed E-state index contributed by atoms with van der Waals surface area (Å²) < 4.78 is 1.33. The van der Waals surface area contributed by atoms with E-state index >= 15 is 0 Å². The Morgan fingerprint density at radius 3 is 2.94 bits per heavy atom. The third kappa shape index (κ3) is 2.54. The van der Waals surface area contributed by atoms with E-state index in [1.807, 2.05) is 0 Å². The molecule has 0 saturated heterocycles. The fraction of sp³-hybridized carbons (Fsp3) is 0.111. The number of benzene rings is 1. The number of amides is 1. The molecule has 1 aromatic carbocycles. The van der Waals surface area contributed by atoms with Crippen LogP contribution in [-0.4, -0.2) is 26.1 Å². The first-order valence-corrected chi connectivity index (χ1v) is 4.88. The van der Waals surface area contributed by atoms with E-state index in [2.05, 4.69) is 20.8 Å². The van der Waals surface area contributed by atoms with E-state index in [1.54, 1.807) is 24.3 Å². The summed E-state index contributed by atoms with van der Waals surface area (Å²) in [5, 5.41) is 13.6. The number of para-hydroxylation sites is 1. The van der Waals surface area contributed by atoms with Gasteiger partial charge in [0, 0.05) is 0 Å². The van der Waals surface area contributed by atoms with E-state index in [0.717, 1.165) is 0 Å². The Labute approximate surface area is 96.2 Å². The van der Waals surface area contributed by atoms with Crippen molar-refractivity contribution in [2.24, 2.45) is 0 Å². The van der Waals surface area contributed by atoms with Crippen molar-refractivity contribution >= 4 is 23.2 Å². The maximum atomic E-state index is 11.5. The normalized spacial score (nSPS) is 10.1. The van der Waals surface area contributed by atoms with Crippen molar-refractivity contribution in [1.82, 2.24) is 20.2 Å². The Balaban J connectivity index is 2.00. The molecule has 0 unspecified atom stereocenters. The highest BCUT2D eigenvalue weighted by molar-refractivity contribution is 6.33. The summed E-state index contributed by atoms with van der Waals surface area (Å²) in [6.07, 6.45) is 1.37. The average molecular weight is 238 g/mol. The van der Waals surface area contributed by atoms with Crippen LogP contribution in [0.2, 0.25) is 5.02 Å². The van der Waals surface area contributed by atoms with E-state index in [4.69, 9.17) is 11.6 Å². The van der Waals surface area contributed by atoms with Crippen LogP contribution in [-0.2, 0) is 11.3 Å². The zero-order valence-corrected chi connectivity index (χ0v) is 8.92. The maximum Gasteiger partial charge on any atom is 0.246 e. The molecule has 0 spiro atoms. The molecule has 0 atom stereocenters. The lowest BCUT2D eigenvalue weighted by molar-refractivity contribution is -0.116. The minimum atomic E-state index is -0.236. The van der Waals surface area contributed by atoms with Crippen LogP contribution in [0.3, 0.4) is 0 Å². The molecule has 0 aliphatic heterocycles. The molecule has 0 aliphatic rings. The number of hydrogen-bond acceptors (Lipinski definition) is 4. The average Bonchev–Trinajstić information content (AvgIpc) is 2.74. The van der Waals surface area contributed by atoms with Gasteiger partial charge in [-0.05, 0) is 22.6 Å². The van der Waals surface area contributed by atoms with E-state index in [0.29, 0.717) is 10.7 Å². The highest BCUT2D eigenvalue weighted by atomic mass is 35.5. The molecule has 1 N–H and O–H groups in total. The van der Waals surface area contributed by atoms with Crippen LogP contribution in [0.4, 0.5) is 5.69 Å². The summed E-state index contributed by atoms with van der Waals surface area (Å²) in [4.78, 5) is 11.5. The minimum Gasteiger partial charge on any atom is -0.323 e. The SMILES string of the molecule is O=C(Cn1cnnn1)Nc1ccccc1Cl. The van der Waals surface area contributed by atoms with Crippen LogP contribution < -0.4 is 5.32 Å². The van der Waals surface area contributed by atoms with Crippen LogP contribution in [0.1, 0.15) is 0 Å². The quantitative estimate of drug-likeness (QED) is 0.863. The monoisotopic (exact) mass is 237 g/mol. The van der Waals surface area contributed by atoms with Crippen molar-refractivity contribution in [2.75, 3.05) is 5.32 Å². The number of halogens is 1. The van der Waals surface area contributed by atoms with Crippen LogP contribution in [0.25, 0.3) is 0 Å². The maximum absolute atomic E-state index is 11.5. The number of nitrogens with zero attached hydrogens (tertiary/aromatic N) is 4. The Morgan fingerprint density at radius 2 is 2.25 bits per heavy atom. The number of hydrogen-bond donors (Lipinski definition) is 1. The van der Waals surface area contributed by atoms with Gasteiger partial charge < -0.3 is 5.32 Å². The first kappa shape index (κ1) is 10.6. The standard InChI is InChI=1S/C9H8ClN5O/c10-7-3-1-2-4-8(7)12-9(16)5-15-6-11-13-14-15/h1-4,6H,5H2,(H,12,16). The molecule has 1 aromatic heterocycles. The highest BCUT2D eigenvalue weighted by Crippen LogP contribution is 2.20. The molecule has 0 radical (unpaired) electrons. The van der Waals surface area contributed by atoms with Gasteiger partial charge in [0.05, 0.1) is 10.7 Å². The second kappa shape index (κ2) is 4.71. The first-order valence-electron chi connectivity index (χ1n) is 4.51. The van der Waals surface area contributed by atoms with Crippen LogP contribution >= 0.6 is 11.6 Å². The number of carbonyl (C=O) groups is 1. The highest BCUT2D eigenvalue weighted by Gasteiger charge is 2.06. The van der Waals surface area contributed by atoms with Gasteiger partial charge in [-0.3, -0.25) is 4.79 Å². The van der Waals surface area contributed by atoms with Crippen molar-refractivity contribution < 1.29 is 4.79 Å². The first-order chi connectivity index (χ1) is 7.75. The Kier molecular flexibility index (Phi) is 3.11. The third-order valence-electron chi connectivity index (χ3n) is 1.85. The van der Waals surface area contributed by atoms with Gasteiger partial charge in [-0.15, -0.1) is 5.10 Å². The largest absolute Gasteiger partial charge is 0.323 e. The molecule has 0 fully saturated rings. The number of tetrazole rings is 1. The number of aromatic nitrogens is 4. The lowest BCUT2D eigenvalue weighted by Crippen LogP contribution is -2.19. The molecule has 16 heavy (non-hydrogen) atoms. The van der Waals surface area contributed by atoms with Crippen molar-refractivity contribution in [3.05, 3.63) is 35.6 Å². The van der Waals surface area contributed by atoms with Crippen LogP contribution in [0.5, 0.6) is 0 Å². The van der Waals surface area contributed by atoms with E-state index in [9.17, 15) is 4.79 Å². The van der Waals surface area contributed by atoms with E-state index in [-0.39, 0.29) is 12.5 Å². The Bertz CT molecular complexity index is 484. The summed E-state index contributed by atoms with van der Waals surface area (Å²) in [7, 11) is 0. The van der Waals surface area contributed by atoms with Crippen molar-refractivity contribution in [3.8, 4) is 0 Å². The molecule has 82 valence electrons. The molecule has 7 heteroatoms. The summed E-state index contributed by atoms with van der Waals surface area (Å²) in [5.74, 6) is -0.236. The van der Waals surface area contributed by atoms with Crippen LogP contribution in [0, 0.1) is 0 Å². The minimum absolute atomic E-state index is 0.0538. The van der Waals surface area contributed by atoms with Gasteiger partial charge in [0.1, 0.15) is 12.9 Å². The molecule has 1 heterocycles. The van der Waals surface area contributed by atoms with Gasteiger partial charge in [-0.25, -0.2) is 4.68 Å². The summed E-state index contributed by atoms with van der Waals surface area (Å²) >= 11 is 5.89. The fourth-order valence-electron chi connectivity index (χ4n) is 1.15. The zero-order valence-electron chi connectivity index (χ0n) is 8.17. The van der Waals surface area contributed by atoms with Gasteiger partial charge in [0.25, 0.3) is 0 Å². The molecule has 0 aliphatic carbocycles. The summed E-state index contributed by atoms with van der Waals surface area (Å²) in [5.41, 5.74) is 0.572. The molecule has 6 nitrogen and oxygen atoms in total. The third-order valence-corrected chi connectivity index (χ3v) is 2.17. The number of nitrogens with one attached hydrogen (secondary N) is 1. The van der Waals surface area contributed by atoms with Gasteiger partial charge in [-0.1, -0.05) is 23.7 Å². The molecule has 0 bridgehead atoms. The fourth-order valence-corrected chi connectivity index (χ4v) is 1.34. The molecule has 2 rings (SSSR count). The number of carbonyl (C=O) groups excluding carboxylic acids is 1. The van der Waals surface area contributed by atoms with E-state index in [1.165, 1.54) is 11.0 Å². The number of anilines is 1. The van der Waals surface area contributed by atoms with Gasteiger partial charge >= 0.3 is 0 Å². The molecular weight excluding hydrogens is 230 g/mol. The number of rotatable bonds is 3. The van der Waals surface area contributed by atoms with Crippen molar-refractivity contribution in [3.63, 3.8) is 0 Å². The predicted molar refractivity (Wildman–Crippen MR) is 57.9 cm³/mol. The lowest BCUT2D eigenvalue weighted by Gasteiger charge is -2.05.